The molecule has 0 aliphatic heterocycles. The number of benzene rings is 2. The third-order valence-electron chi connectivity index (χ3n) is 2.63. The molecule has 3 N–H and O–H groups in total. The lowest BCUT2D eigenvalue weighted by Crippen LogP contribution is -1.86. The van der Waals surface area contributed by atoms with Crippen LogP contribution in [-0.4, -0.2) is 21.3 Å². The van der Waals surface area contributed by atoms with Gasteiger partial charge >= 0.3 is 5.97 Å². The zero-order valence-electron chi connectivity index (χ0n) is 9.95. The molecule has 0 fully saturated rings. The van der Waals surface area contributed by atoms with Crippen molar-refractivity contribution >= 4 is 12.0 Å². The van der Waals surface area contributed by atoms with Crippen LogP contribution in [0.5, 0.6) is 11.5 Å². The maximum Gasteiger partial charge on any atom is 0.328 e. The Hall–Kier alpha value is -2.75. The zero-order chi connectivity index (χ0) is 13.8. The second-order valence-electron chi connectivity index (χ2n) is 3.99. The van der Waals surface area contributed by atoms with E-state index < -0.39 is 5.97 Å². The Morgan fingerprint density at radius 2 is 1.58 bits per heavy atom. The largest absolute Gasteiger partial charge is 0.508 e. The van der Waals surface area contributed by atoms with Gasteiger partial charge in [-0.1, -0.05) is 18.2 Å². The Bertz CT molecular complexity index is 627. The number of phenols is 2. The average Bonchev–Trinajstić information content (AvgIpc) is 2.39. The molecule has 0 amide bonds. The number of carbonyl (C=O) groups is 1. The molecule has 0 heterocycles. The van der Waals surface area contributed by atoms with E-state index >= 15 is 0 Å². The number of phenolic OH excluding ortho intramolecular Hbond substituents is 2. The van der Waals surface area contributed by atoms with Crippen molar-refractivity contribution in [3.05, 3.63) is 54.1 Å². The van der Waals surface area contributed by atoms with E-state index in [0.717, 1.165) is 17.2 Å². The Kier molecular flexibility index (Phi) is 3.52. The standard InChI is InChI=1S/C15H12O4/c16-13-5-1-10(2-6-13)11-3-7-14(17)12(9-11)4-8-15(18)19/h1-9,16-17H,(H,18,19). The van der Waals surface area contributed by atoms with Gasteiger partial charge < -0.3 is 15.3 Å². The highest BCUT2D eigenvalue weighted by Gasteiger charge is 2.03. The van der Waals surface area contributed by atoms with E-state index in [-0.39, 0.29) is 11.5 Å². The van der Waals surface area contributed by atoms with E-state index in [4.69, 9.17) is 5.11 Å². The molecule has 0 aliphatic rings. The molecule has 2 aromatic carbocycles. The lowest BCUT2D eigenvalue weighted by Gasteiger charge is -2.05. The Balaban J connectivity index is 2.40. The van der Waals surface area contributed by atoms with Gasteiger partial charge in [0.15, 0.2) is 0 Å². The van der Waals surface area contributed by atoms with Gasteiger partial charge in [-0.15, -0.1) is 0 Å². The van der Waals surface area contributed by atoms with Crippen molar-refractivity contribution in [2.75, 3.05) is 0 Å². The van der Waals surface area contributed by atoms with Crippen molar-refractivity contribution in [3.63, 3.8) is 0 Å². The first kappa shape index (κ1) is 12.7. The second-order valence-corrected chi connectivity index (χ2v) is 3.99. The predicted octanol–water partition coefficient (Wildman–Crippen LogP) is 2.86. The molecule has 0 bridgehead atoms. The Morgan fingerprint density at radius 3 is 2.21 bits per heavy atom. The molecule has 4 heteroatoms. The summed E-state index contributed by atoms with van der Waals surface area (Å²) >= 11 is 0. The van der Waals surface area contributed by atoms with E-state index in [1.807, 2.05) is 0 Å². The number of hydrogen-bond acceptors (Lipinski definition) is 3. The van der Waals surface area contributed by atoms with Gasteiger partial charge in [-0.3, -0.25) is 0 Å². The van der Waals surface area contributed by atoms with Gasteiger partial charge in [-0.25, -0.2) is 4.79 Å². The molecule has 0 radical (unpaired) electrons. The summed E-state index contributed by atoms with van der Waals surface area (Å²) in [6.07, 6.45) is 2.30. The normalized spacial score (nSPS) is 10.7. The topological polar surface area (TPSA) is 77.8 Å². The van der Waals surface area contributed by atoms with Gasteiger partial charge in [-0.2, -0.15) is 0 Å². The van der Waals surface area contributed by atoms with E-state index in [1.54, 1.807) is 36.4 Å². The zero-order valence-corrected chi connectivity index (χ0v) is 9.95. The summed E-state index contributed by atoms with van der Waals surface area (Å²) in [6, 6.07) is 11.5. The number of aliphatic carboxylic acids is 1. The Morgan fingerprint density at radius 1 is 0.947 bits per heavy atom. The van der Waals surface area contributed by atoms with Crippen LogP contribution < -0.4 is 0 Å². The van der Waals surface area contributed by atoms with Crippen LogP contribution in [0.25, 0.3) is 17.2 Å². The first-order valence-corrected chi connectivity index (χ1v) is 5.60. The number of hydrogen-bond donors (Lipinski definition) is 3. The van der Waals surface area contributed by atoms with Gasteiger partial charge in [-0.05, 0) is 41.5 Å². The van der Waals surface area contributed by atoms with Gasteiger partial charge in [0.05, 0.1) is 0 Å². The molecule has 2 rings (SSSR count). The molecule has 4 nitrogen and oxygen atoms in total. The molecule has 0 spiro atoms. The van der Waals surface area contributed by atoms with Crippen LogP contribution in [0.4, 0.5) is 0 Å². The molecule has 0 saturated heterocycles. The lowest BCUT2D eigenvalue weighted by molar-refractivity contribution is -0.131. The average molecular weight is 256 g/mol. The maximum absolute atomic E-state index is 10.5. The molecule has 2 aromatic rings. The number of rotatable bonds is 3. The fourth-order valence-corrected chi connectivity index (χ4v) is 1.68. The maximum atomic E-state index is 10.5. The summed E-state index contributed by atoms with van der Waals surface area (Å²) in [5, 5.41) is 27.5. The van der Waals surface area contributed by atoms with Gasteiger partial charge in [0, 0.05) is 11.6 Å². The molecule has 0 unspecified atom stereocenters. The number of carboxylic acids is 1. The van der Waals surface area contributed by atoms with Crippen LogP contribution >= 0.6 is 0 Å². The van der Waals surface area contributed by atoms with E-state index in [9.17, 15) is 15.0 Å². The van der Waals surface area contributed by atoms with Crippen molar-refractivity contribution in [2.24, 2.45) is 0 Å². The first-order valence-electron chi connectivity index (χ1n) is 5.60. The van der Waals surface area contributed by atoms with Crippen molar-refractivity contribution in [1.29, 1.82) is 0 Å². The van der Waals surface area contributed by atoms with Gasteiger partial charge in [0.25, 0.3) is 0 Å². The number of aromatic hydroxyl groups is 2. The third-order valence-corrected chi connectivity index (χ3v) is 2.63. The first-order chi connectivity index (χ1) is 9.06. The van der Waals surface area contributed by atoms with Gasteiger partial charge in [0.1, 0.15) is 11.5 Å². The summed E-state index contributed by atoms with van der Waals surface area (Å²) < 4.78 is 0. The van der Waals surface area contributed by atoms with Crippen LogP contribution in [0.15, 0.2) is 48.5 Å². The molecule has 0 aromatic heterocycles. The predicted molar refractivity (Wildman–Crippen MR) is 71.9 cm³/mol. The highest BCUT2D eigenvalue weighted by atomic mass is 16.4. The third kappa shape index (κ3) is 3.13. The van der Waals surface area contributed by atoms with E-state index in [2.05, 4.69) is 0 Å². The van der Waals surface area contributed by atoms with E-state index in [1.165, 1.54) is 12.1 Å². The van der Waals surface area contributed by atoms with Crippen LogP contribution in [0.2, 0.25) is 0 Å². The molecular formula is C15H12O4. The summed E-state index contributed by atoms with van der Waals surface area (Å²) in [6.45, 7) is 0. The van der Waals surface area contributed by atoms with Crippen LogP contribution in [-0.2, 0) is 4.79 Å². The highest BCUT2D eigenvalue weighted by Crippen LogP contribution is 2.27. The minimum Gasteiger partial charge on any atom is -0.508 e. The summed E-state index contributed by atoms with van der Waals surface area (Å²) in [5.41, 5.74) is 2.11. The molecule has 0 aliphatic carbocycles. The van der Waals surface area contributed by atoms with Crippen molar-refractivity contribution in [2.45, 2.75) is 0 Å². The SMILES string of the molecule is O=C(O)C=Cc1cc(-c2ccc(O)cc2)ccc1O. The Labute approximate surface area is 109 Å². The fourth-order valence-electron chi connectivity index (χ4n) is 1.68. The molecule has 96 valence electrons. The van der Waals surface area contributed by atoms with Gasteiger partial charge in [0.2, 0.25) is 0 Å². The summed E-state index contributed by atoms with van der Waals surface area (Å²) in [7, 11) is 0. The summed E-state index contributed by atoms with van der Waals surface area (Å²) in [5.74, 6) is -0.886. The quantitative estimate of drug-likeness (QED) is 0.738. The van der Waals surface area contributed by atoms with Crippen molar-refractivity contribution < 1.29 is 20.1 Å². The monoisotopic (exact) mass is 256 g/mol. The molecular weight excluding hydrogens is 244 g/mol. The van der Waals surface area contributed by atoms with Crippen LogP contribution in [0, 0.1) is 0 Å². The minimum absolute atomic E-state index is 0.0139. The van der Waals surface area contributed by atoms with Crippen LogP contribution in [0.3, 0.4) is 0 Å². The lowest BCUT2D eigenvalue weighted by atomic mass is 10.0. The second kappa shape index (κ2) is 5.27. The van der Waals surface area contributed by atoms with Crippen molar-refractivity contribution in [3.8, 4) is 22.6 Å². The van der Waals surface area contributed by atoms with Crippen molar-refractivity contribution in [1.82, 2.24) is 0 Å². The van der Waals surface area contributed by atoms with Crippen LogP contribution in [0.1, 0.15) is 5.56 Å². The molecule has 19 heavy (non-hydrogen) atoms. The molecule has 0 saturated carbocycles. The highest BCUT2D eigenvalue weighted by molar-refractivity contribution is 5.86. The van der Waals surface area contributed by atoms with E-state index in [0.29, 0.717) is 5.56 Å². The fraction of sp³-hybridized carbons (Fsp3) is 0. The molecule has 0 atom stereocenters. The number of carboxylic acid groups (broad SMARTS) is 1. The minimum atomic E-state index is -1.07. The summed E-state index contributed by atoms with van der Waals surface area (Å²) in [4.78, 5) is 10.5. The smallest absolute Gasteiger partial charge is 0.328 e.